The van der Waals surface area contributed by atoms with Crippen molar-refractivity contribution < 1.29 is 23.3 Å². The molecule has 2 fully saturated rings. The molecule has 2 aromatic heterocycles. The molecule has 2 aliphatic rings. The Kier molecular flexibility index (Phi) is 4.36. The molecule has 4 rings (SSSR count). The molecule has 1 atom stereocenters. The Labute approximate surface area is 149 Å². The van der Waals surface area contributed by atoms with Crippen molar-refractivity contribution in [2.75, 3.05) is 19.6 Å². The summed E-state index contributed by atoms with van der Waals surface area (Å²) in [5.41, 5.74) is -0.462. The van der Waals surface area contributed by atoms with E-state index in [4.69, 9.17) is 13.7 Å². The number of aryl methyl sites for hydroxylation is 1. The highest BCUT2D eigenvalue weighted by Gasteiger charge is 2.41. The average molecular weight is 360 g/mol. The average Bonchev–Trinajstić information content (AvgIpc) is 3.34. The lowest BCUT2D eigenvalue weighted by molar-refractivity contribution is -0.131. The topological polar surface area (TPSA) is 111 Å². The highest BCUT2D eigenvalue weighted by atomic mass is 16.6. The molecule has 1 N–H and O–H groups in total. The number of ether oxygens (including phenoxy) is 1. The smallest absolute Gasteiger partial charge is 0.407 e. The zero-order chi connectivity index (χ0) is 18.0. The predicted octanol–water partition coefficient (Wildman–Crippen LogP) is 1.75. The van der Waals surface area contributed by atoms with Crippen LogP contribution in [-0.2, 0) is 16.0 Å². The van der Waals surface area contributed by atoms with Gasteiger partial charge in [0.15, 0.2) is 5.76 Å². The standard InChI is InChI=1S/C17H20N4O5/c22-14(5-4-13-19-15(20-26-13)12-3-1-10-24-12)21-8-2-6-17(7-9-21)11-18-16(23)25-17/h1,3,10H,2,4-9,11H2,(H,18,23)/t17-/m1/s1. The van der Waals surface area contributed by atoms with Crippen molar-refractivity contribution >= 4 is 12.0 Å². The van der Waals surface area contributed by atoms with Crippen molar-refractivity contribution in [3.63, 3.8) is 0 Å². The number of nitrogens with one attached hydrogen (secondary N) is 1. The predicted molar refractivity (Wildman–Crippen MR) is 88.0 cm³/mol. The largest absolute Gasteiger partial charge is 0.461 e. The molecule has 2 aromatic rings. The zero-order valence-corrected chi connectivity index (χ0v) is 14.3. The van der Waals surface area contributed by atoms with Gasteiger partial charge in [0.05, 0.1) is 12.8 Å². The summed E-state index contributed by atoms with van der Waals surface area (Å²) >= 11 is 0. The second-order valence-electron chi connectivity index (χ2n) is 6.65. The maximum Gasteiger partial charge on any atom is 0.407 e. The Hall–Kier alpha value is -2.84. The molecule has 2 aliphatic heterocycles. The Balaban J connectivity index is 1.30. The molecule has 0 bridgehead atoms. The number of carbonyl (C=O) groups excluding carboxylic acids is 2. The second-order valence-corrected chi connectivity index (χ2v) is 6.65. The van der Waals surface area contributed by atoms with Crippen molar-refractivity contribution in [1.29, 1.82) is 0 Å². The fourth-order valence-electron chi connectivity index (χ4n) is 3.43. The molecule has 138 valence electrons. The van der Waals surface area contributed by atoms with E-state index in [0.29, 0.717) is 56.4 Å². The lowest BCUT2D eigenvalue weighted by Crippen LogP contribution is -2.36. The maximum atomic E-state index is 12.5. The minimum atomic E-state index is -0.462. The van der Waals surface area contributed by atoms with E-state index < -0.39 is 5.60 Å². The Bertz CT molecular complexity index is 787. The van der Waals surface area contributed by atoms with Gasteiger partial charge in [0.1, 0.15) is 5.60 Å². The van der Waals surface area contributed by atoms with Gasteiger partial charge in [0.25, 0.3) is 0 Å². The molecule has 0 aromatic carbocycles. The fraction of sp³-hybridized carbons (Fsp3) is 0.529. The summed E-state index contributed by atoms with van der Waals surface area (Å²) in [6.45, 7) is 1.76. The van der Waals surface area contributed by atoms with Crippen molar-refractivity contribution in [3.05, 3.63) is 24.3 Å². The van der Waals surface area contributed by atoms with E-state index in [1.807, 2.05) is 4.90 Å². The highest BCUT2D eigenvalue weighted by molar-refractivity contribution is 5.76. The summed E-state index contributed by atoms with van der Waals surface area (Å²) in [6, 6.07) is 3.50. The number of hydrogen-bond acceptors (Lipinski definition) is 7. The van der Waals surface area contributed by atoms with Crippen LogP contribution in [0.15, 0.2) is 27.3 Å². The van der Waals surface area contributed by atoms with Gasteiger partial charge in [-0.25, -0.2) is 4.79 Å². The van der Waals surface area contributed by atoms with Gasteiger partial charge in [0, 0.05) is 32.4 Å². The van der Waals surface area contributed by atoms with Crippen LogP contribution in [0.3, 0.4) is 0 Å². The van der Waals surface area contributed by atoms with Gasteiger partial charge >= 0.3 is 6.09 Å². The monoisotopic (exact) mass is 360 g/mol. The zero-order valence-electron chi connectivity index (χ0n) is 14.3. The number of likely N-dealkylation sites (tertiary alicyclic amines) is 1. The summed E-state index contributed by atoms with van der Waals surface area (Å²) in [5, 5.41) is 6.57. The van der Waals surface area contributed by atoms with Crippen molar-refractivity contribution in [2.24, 2.45) is 0 Å². The highest BCUT2D eigenvalue weighted by Crippen LogP contribution is 2.29. The SMILES string of the molecule is O=C1NC[C@]2(CCCN(C(=O)CCc3nc(-c4ccco4)no3)CC2)O1. The Morgan fingerprint density at radius 2 is 2.27 bits per heavy atom. The van der Waals surface area contributed by atoms with E-state index in [9.17, 15) is 9.59 Å². The van der Waals surface area contributed by atoms with E-state index in [-0.39, 0.29) is 12.0 Å². The van der Waals surface area contributed by atoms with Gasteiger partial charge in [0.2, 0.25) is 17.6 Å². The summed E-state index contributed by atoms with van der Waals surface area (Å²) in [6.07, 6.45) is 4.08. The van der Waals surface area contributed by atoms with E-state index in [1.165, 1.54) is 6.26 Å². The van der Waals surface area contributed by atoms with Crippen molar-refractivity contribution in [2.45, 2.75) is 37.7 Å². The third kappa shape index (κ3) is 3.42. The molecule has 1 spiro atoms. The molecule has 2 saturated heterocycles. The molecule has 0 saturated carbocycles. The van der Waals surface area contributed by atoms with Gasteiger partial charge in [-0.1, -0.05) is 5.16 Å². The van der Waals surface area contributed by atoms with Crippen LogP contribution in [0.5, 0.6) is 0 Å². The van der Waals surface area contributed by atoms with Crippen LogP contribution in [0.1, 0.15) is 31.6 Å². The summed E-state index contributed by atoms with van der Waals surface area (Å²) in [5.74, 6) is 1.36. The van der Waals surface area contributed by atoms with E-state index in [1.54, 1.807) is 12.1 Å². The van der Waals surface area contributed by atoms with Gasteiger partial charge < -0.3 is 23.9 Å². The minimum Gasteiger partial charge on any atom is -0.461 e. The Morgan fingerprint density at radius 1 is 1.35 bits per heavy atom. The van der Waals surface area contributed by atoms with E-state index >= 15 is 0 Å². The number of furan rings is 1. The van der Waals surface area contributed by atoms with Gasteiger partial charge in [-0.3, -0.25) is 4.79 Å². The van der Waals surface area contributed by atoms with Crippen LogP contribution < -0.4 is 5.32 Å². The first-order chi connectivity index (χ1) is 12.6. The fourth-order valence-corrected chi connectivity index (χ4v) is 3.43. The summed E-state index contributed by atoms with van der Waals surface area (Å²) in [4.78, 5) is 29.9. The number of rotatable bonds is 4. The van der Waals surface area contributed by atoms with Crippen LogP contribution >= 0.6 is 0 Å². The number of carbonyl (C=O) groups is 2. The van der Waals surface area contributed by atoms with Crippen LogP contribution in [0.2, 0.25) is 0 Å². The minimum absolute atomic E-state index is 0.0390. The first-order valence-corrected chi connectivity index (χ1v) is 8.75. The van der Waals surface area contributed by atoms with Crippen LogP contribution in [0.25, 0.3) is 11.6 Å². The molecule has 0 aliphatic carbocycles. The quantitative estimate of drug-likeness (QED) is 0.884. The number of amides is 2. The van der Waals surface area contributed by atoms with E-state index in [0.717, 1.165) is 12.8 Å². The third-order valence-electron chi connectivity index (χ3n) is 4.88. The number of aromatic nitrogens is 2. The third-order valence-corrected chi connectivity index (χ3v) is 4.88. The first kappa shape index (κ1) is 16.6. The van der Waals surface area contributed by atoms with Gasteiger partial charge in [-0.2, -0.15) is 4.98 Å². The first-order valence-electron chi connectivity index (χ1n) is 8.75. The van der Waals surface area contributed by atoms with Crippen molar-refractivity contribution in [3.8, 4) is 11.6 Å². The molecule has 2 amide bonds. The lowest BCUT2D eigenvalue weighted by Gasteiger charge is -2.24. The maximum absolute atomic E-state index is 12.5. The normalized spacial score (nSPS) is 22.9. The molecule has 9 heteroatoms. The number of alkyl carbamates (subject to hydrolysis) is 1. The number of hydrogen-bond donors (Lipinski definition) is 1. The molecule has 26 heavy (non-hydrogen) atoms. The van der Waals surface area contributed by atoms with Crippen LogP contribution in [0.4, 0.5) is 4.79 Å². The molecule has 0 radical (unpaired) electrons. The Morgan fingerprint density at radius 3 is 3.04 bits per heavy atom. The van der Waals surface area contributed by atoms with Gasteiger partial charge in [-0.15, -0.1) is 0 Å². The van der Waals surface area contributed by atoms with Gasteiger partial charge in [-0.05, 0) is 25.0 Å². The lowest BCUT2D eigenvalue weighted by atomic mass is 9.95. The second kappa shape index (κ2) is 6.81. The summed E-state index contributed by atoms with van der Waals surface area (Å²) in [7, 11) is 0. The molecule has 0 unspecified atom stereocenters. The summed E-state index contributed by atoms with van der Waals surface area (Å²) < 4.78 is 15.8. The van der Waals surface area contributed by atoms with Crippen LogP contribution in [-0.4, -0.2) is 52.3 Å². The number of nitrogens with zero attached hydrogens (tertiary/aromatic N) is 3. The molecule has 9 nitrogen and oxygen atoms in total. The molecule has 4 heterocycles. The molecular weight excluding hydrogens is 340 g/mol. The van der Waals surface area contributed by atoms with Crippen LogP contribution in [0, 0.1) is 0 Å². The molecular formula is C17H20N4O5. The van der Waals surface area contributed by atoms with Crippen molar-refractivity contribution in [1.82, 2.24) is 20.4 Å². The van der Waals surface area contributed by atoms with E-state index in [2.05, 4.69) is 15.5 Å².